The Balaban J connectivity index is 1.24. The topological polar surface area (TPSA) is 102 Å². The van der Waals surface area contributed by atoms with Gasteiger partial charge in [0, 0.05) is 57.3 Å². The molecule has 9 heteroatoms. The lowest BCUT2D eigenvalue weighted by Gasteiger charge is -2.40. The van der Waals surface area contributed by atoms with Crippen LogP contribution in [-0.4, -0.2) is 83.1 Å². The first-order valence-electron chi connectivity index (χ1n) is 11.5. The normalized spacial score (nSPS) is 25.3. The van der Waals surface area contributed by atoms with Crippen LogP contribution in [0.15, 0.2) is 18.2 Å². The van der Waals surface area contributed by atoms with Crippen LogP contribution in [0.5, 0.6) is 0 Å². The molecule has 3 saturated heterocycles. The van der Waals surface area contributed by atoms with Gasteiger partial charge >= 0.3 is 0 Å². The Kier molecular flexibility index (Phi) is 5.69. The molecule has 170 valence electrons. The smallest absolute Gasteiger partial charge is 0.255 e. The molecule has 0 aliphatic carbocycles. The highest BCUT2D eigenvalue weighted by molar-refractivity contribution is 6.05. The molecule has 4 heterocycles. The molecule has 0 aromatic heterocycles. The van der Waals surface area contributed by atoms with E-state index in [1.807, 2.05) is 17.0 Å². The number of hydrogen-bond donors (Lipinski definition) is 2. The minimum atomic E-state index is -0.590. The van der Waals surface area contributed by atoms with Crippen molar-refractivity contribution in [1.29, 1.82) is 0 Å². The summed E-state index contributed by atoms with van der Waals surface area (Å²) < 4.78 is 0. The third kappa shape index (κ3) is 3.91. The Morgan fingerprint density at radius 1 is 0.969 bits per heavy atom. The van der Waals surface area contributed by atoms with Crippen molar-refractivity contribution in [3.05, 3.63) is 34.9 Å². The van der Waals surface area contributed by atoms with Gasteiger partial charge in [-0.1, -0.05) is 12.1 Å². The number of imide groups is 1. The molecule has 1 unspecified atom stereocenters. The molecule has 4 amide bonds. The Morgan fingerprint density at radius 2 is 1.78 bits per heavy atom. The highest BCUT2D eigenvalue weighted by Crippen LogP contribution is 2.31. The highest BCUT2D eigenvalue weighted by atomic mass is 16.2. The van der Waals surface area contributed by atoms with E-state index in [0.29, 0.717) is 31.1 Å². The number of hydrogen-bond acceptors (Lipinski definition) is 6. The molecule has 4 aliphatic heterocycles. The van der Waals surface area contributed by atoms with E-state index in [1.165, 1.54) is 0 Å². The van der Waals surface area contributed by atoms with Crippen molar-refractivity contribution < 1.29 is 19.2 Å². The predicted molar refractivity (Wildman–Crippen MR) is 115 cm³/mol. The lowest BCUT2D eigenvalue weighted by atomic mass is 9.99. The molecule has 1 aromatic rings. The second-order valence-corrected chi connectivity index (χ2v) is 9.11. The molecule has 0 bridgehead atoms. The monoisotopic (exact) mass is 439 g/mol. The molecule has 0 spiro atoms. The zero-order valence-corrected chi connectivity index (χ0v) is 18.1. The molecule has 5 rings (SSSR count). The van der Waals surface area contributed by atoms with Crippen molar-refractivity contribution in [3.8, 4) is 0 Å². The molecule has 3 fully saturated rings. The standard InChI is InChI=1S/C23H29N5O4/c29-20-5-4-19(22(31)25-20)28-14-18-15(2-1-3-17(18)23(28)32)13-26-9-6-16(7-10-26)27-11-8-24-12-21(27)30/h1-3,16,19,24H,4-14H2,(H,25,29,31). The first-order valence-corrected chi connectivity index (χ1v) is 11.5. The number of carbonyl (C=O) groups is 4. The summed E-state index contributed by atoms with van der Waals surface area (Å²) in [6.45, 7) is 5.07. The number of rotatable bonds is 4. The van der Waals surface area contributed by atoms with E-state index in [0.717, 1.165) is 56.7 Å². The molecule has 1 aromatic carbocycles. The maximum Gasteiger partial charge on any atom is 0.255 e. The molecule has 2 N–H and O–H groups in total. The molecular formula is C23H29N5O4. The number of piperidine rings is 2. The number of amides is 4. The van der Waals surface area contributed by atoms with Crippen LogP contribution in [0.4, 0.5) is 0 Å². The molecule has 9 nitrogen and oxygen atoms in total. The number of fused-ring (bicyclic) bond motifs is 1. The third-order valence-electron chi connectivity index (χ3n) is 7.20. The van der Waals surface area contributed by atoms with Gasteiger partial charge in [-0.2, -0.15) is 0 Å². The van der Waals surface area contributed by atoms with Gasteiger partial charge in [0.15, 0.2) is 0 Å². The van der Waals surface area contributed by atoms with Crippen molar-refractivity contribution >= 4 is 23.6 Å². The van der Waals surface area contributed by atoms with Crippen molar-refractivity contribution in [2.75, 3.05) is 32.7 Å². The maximum absolute atomic E-state index is 13.0. The maximum atomic E-state index is 13.0. The molecule has 0 saturated carbocycles. The lowest BCUT2D eigenvalue weighted by Crippen LogP contribution is -2.55. The number of benzene rings is 1. The predicted octanol–water partition coefficient (Wildman–Crippen LogP) is -0.156. The summed E-state index contributed by atoms with van der Waals surface area (Å²) in [6.07, 6.45) is 2.55. The summed E-state index contributed by atoms with van der Waals surface area (Å²) in [7, 11) is 0. The van der Waals surface area contributed by atoms with Crippen molar-refractivity contribution in [3.63, 3.8) is 0 Å². The number of likely N-dealkylation sites (tertiary alicyclic amines) is 1. The summed E-state index contributed by atoms with van der Waals surface area (Å²) in [5, 5.41) is 5.49. The second-order valence-electron chi connectivity index (χ2n) is 9.11. The fraction of sp³-hybridized carbons (Fsp3) is 0.565. The van der Waals surface area contributed by atoms with Gasteiger partial charge in [0.1, 0.15) is 6.04 Å². The number of piperazine rings is 1. The highest BCUT2D eigenvalue weighted by Gasteiger charge is 2.40. The largest absolute Gasteiger partial charge is 0.337 e. The molecule has 0 radical (unpaired) electrons. The number of nitrogens with zero attached hydrogens (tertiary/aromatic N) is 3. The van der Waals surface area contributed by atoms with E-state index in [4.69, 9.17) is 0 Å². The average Bonchev–Trinajstić information content (AvgIpc) is 3.12. The van der Waals surface area contributed by atoms with Crippen LogP contribution in [0, 0.1) is 0 Å². The van der Waals surface area contributed by atoms with Gasteiger partial charge in [-0.25, -0.2) is 0 Å². The second kappa shape index (κ2) is 8.63. The van der Waals surface area contributed by atoms with Crippen LogP contribution in [0.25, 0.3) is 0 Å². The van der Waals surface area contributed by atoms with Gasteiger partial charge < -0.3 is 15.1 Å². The number of nitrogens with one attached hydrogen (secondary N) is 2. The Hall–Kier alpha value is -2.78. The van der Waals surface area contributed by atoms with Crippen LogP contribution in [0.3, 0.4) is 0 Å². The first kappa shape index (κ1) is 21.1. The van der Waals surface area contributed by atoms with E-state index in [-0.39, 0.29) is 30.0 Å². The number of carbonyl (C=O) groups excluding carboxylic acids is 4. The fourth-order valence-electron chi connectivity index (χ4n) is 5.44. The summed E-state index contributed by atoms with van der Waals surface area (Å²) in [5.74, 6) is -0.592. The Bertz CT molecular complexity index is 956. The van der Waals surface area contributed by atoms with Crippen LogP contribution < -0.4 is 10.6 Å². The van der Waals surface area contributed by atoms with E-state index in [1.54, 1.807) is 4.90 Å². The summed E-state index contributed by atoms with van der Waals surface area (Å²) >= 11 is 0. The van der Waals surface area contributed by atoms with Crippen molar-refractivity contribution in [1.82, 2.24) is 25.3 Å². The molecule has 32 heavy (non-hydrogen) atoms. The summed E-state index contributed by atoms with van der Waals surface area (Å²) in [5.41, 5.74) is 2.76. The van der Waals surface area contributed by atoms with Crippen LogP contribution in [0.1, 0.15) is 47.2 Å². The average molecular weight is 440 g/mol. The third-order valence-corrected chi connectivity index (χ3v) is 7.20. The Labute approximate surface area is 187 Å². The molecule has 4 aliphatic rings. The van der Waals surface area contributed by atoms with Crippen molar-refractivity contribution in [2.24, 2.45) is 0 Å². The van der Waals surface area contributed by atoms with E-state index >= 15 is 0 Å². The summed E-state index contributed by atoms with van der Waals surface area (Å²) in [6, 6.07) is 5.52. The van der Waals surface area contributed by atoms with Gasteiger partial charge in [0.05, 0.1) is 6.54 Å². The molecule has 1 atom stereocenters. The zero-order chi connectivity index (χ0) is 22.2. The Morgan fingerprint density at radius 3 is 2.53 bits per heavy atom. The molecular weight excluding hydrogens is 410 g/mol. The summed E-state index contributed by atoms with van der Waals surface area (Å²) in [4.78, 5) is 55.0. The van der Waals surface area contributed by atoms with Gasteiger partial charge in [-0.15, -0.1) is 0 Å². The SMILES string of the molecule is O=C1CCC(N2Cc3c(CN4CCC(N5CCNCC5=O)CC4)cccc3C2=O)C(=O)N1. The minimum Gasteiger partial charge on any atom is -0.337 e. The lowest BCUT2D eigenvalue weighted by molar-refractivity contribution is -0.137. The van der Waals surface area contributed by atoms with E-state index in [2.05, 4.69) is 21.6 Å². The quantitative estimate of drug-likeness (QED) is 0.633. The van der Waals surface area contributed by atoms with E-state index < -0.39 is 6.04 Å². The van der Waals surface area contributed by atoms with Gasteiger partial charge in [-0.05, 0) is 36.5 Å². The van der Waals surface area contributed by atoms with Gasteiger partial charge in [0.25, 0.3) is 5.91 Å². The zero-order valence-electron chi connectivity index (χ0n) is 18.1. The van der Waals surface area contributed by atoms with Crippen LogP contribution >= 0.6 is 0 Å². The first-order chi connectivity index (χ1) is 15.5. The van der Waals surface area contributed by atoms with Crippen molar-refractivity contribution in [2.45, 2.75) is 50.9 Å². The van der Waals surface area contributed by atoms with E-state index in [9.17, 15) is 19.2 Å². The van der Waals surface area contributed by atoms with Crippen LogP contribution in [-0.2, 0) is 27.5 Å². The van der Waals surface area contributed by atoms with Gasteiger partial charge in [-0.3, -0.25) is 29.4 Å². The van der Waals surface area contributed by atoms with Crippen LogP contribution in [0.2, 0.25) is 0 Å². The minimum absolute atomic E-state index is 0.132. The fourth-order valence-corrected chi connectivity index (χ4v) is 5.44. The van der Waals surface area contributed by atoms with Gasteiger partial charge in [0.2, 0.25) is 17.7 Å².